The lowest BCUT2D eigenvalue weighted by molar-refractivity contribution is 0.0707. The summed E-state index contributed by atoms with van der Waals surface area (Å²) in [6.07, 6.45) is 4.86. The fraction of sp³-hybridized carbons (Fsp3) is 0.818. The molecular weight excluding hydrogens is 162 g/mol. The van der Waals surface area contributed by atoms with Gasteiger partial charge in [-0.15, -0.1) is 0 Å². The molecule has 0 radical (unpaired) electrons. The smallest absolute Gasteiger partial charge is 0.0528 e. The highest BCUT2D eigenvalue weighted by atomic mass is 16.5. The van der Waals surface area contributed by atoms with Crippen molar-refractivity contribution in [2.75, 3.05) is 20.3 Å². The summed E-state index contributed by atoms with van der Waals surface area (Å²) >= 11 is 0. The fourth-order valence-electron chi connectivity index (χ4n) is 1.64. The largest absolute Gasteiger partial charge is 0.381 e. The molecule has 76 valence electrons. The SMILES string of the molecule is CNC(C)C(C)=CC1CCCOC1. The molecule has 2 atom stereocenters. The second kappa shape index (κ2) is 5.40. The van der Waals surface area contributed by atoms with E-state index in [-0.39, 0.29) is 0 Å². The van der Waals surface area contributed by atoms with Gasteiger partial charge in [0.2, 0.25) is 0 Å². The second-order valence-electron chi connectivity index (χ2n) is 3.90. The minimum absolute atomic E-state index is 0.488. The van der Waals surface area contributed by atoms with E-state index in [2.05, 4.69) is 25.2 Å². The van der Waals surface area contributed by atoms with E-state index in [0.717, 1.165) is 13.2 Å². The Morgan fingerprint density at radius 2 is 2.38 bits per heavy atom. The number of ether oxygens (including phenoxy) is 1. The topological polar surface area (TPSA) is 21.3 Å². The van der Waals surface area contributed by atoms with Gasteiger partial charge < -0.3 is 10.1 Å². The minimum Gasteiger partial charge on any atom is -0.381 e. The van der Waals surface area contributed by atoms with Crippen LogP contribution >= 0.6 is 0 Å². The van der Waals surface area contributed by atoms with E-state index >= 15 is 0 Å². The van der Waals surface area contributed by atoms with E-state index in [1.807, 2.05) is 7.05 Å². The third-order valence-electron chi connectivity index (χ3n) is 2.81. The summed E-state index contributed by atoms with van der Waals surface area (Å²) in [7, 11) is 2.00. The molecule has 2 heteroatoms. The first kappa shape index (κ1) is 10.7. The van der Waals surface area contributed by atoms with Gasteiger partial charge in [-0.25, -0.2) is 0 Å². The van der Waals surface area contributed by atoms with Crippen molar-refractivity contribution in [1.82, 2.24) is 5.32 Å². The van der Waals surface area contributed by atoms with Crippen LogP contribution in [0.2, 0.25) is 0 Å². The van der Waals surface area contributed by atoms with E-state index in [0.29, 0.717) is 12.0 Å². The van der Waals surface area contributed by atoms with Crippen molar-refractivity contribution in [3.05, 3.63) is 11.6 Å². The Bertz CT molecular complexity index is 171. The molecule has 0 saturated carbocycles. The summed E-state index contributed by atoms with van der Waals surface area (Å²) in [5, 5.41) is 3.25. The molecular formula is C11H21NO. The van der Waals surface area contributed by atoms with Crippen LogP contribution in [0.3, 0.4) is 0 Å². The molecule has 1 rings (SSSR count). The molecule has 13 heavy (non-hydrogen) atoms. The zero-order valence-corrected chi connectivity index (χ0v) is 8.97. The van der Waals surface area contributed by atoms with Crippen molar-refractivity contribution < 1.29 is 4.74 Å². The molecule has 1 aliphatic rings. The summed E-state index contributed by atoms with van der Waals surface area (Å²) in [6.45, 7) is 6.24. The van der Waals surface area contributed by atoms with Gasteiger partial charge in [-0.2, -0.15) is 0 Å². The van der Waals surface area contributed by atoms with Crippen LogP contribution in [0.15, 0.2) is 11.6 Å². The third kappa shape index (κ3) is 3.49. The normalized spacial score (nSPS) is 27.3. The van der Waals surface area contributed by atoms with Crippen molar-refractivity contribution in [3.63, 3.8) is 0 Å². The maximum Gasteiger partial charge on any atom is 0.0528 e. The van der Waals surface area contributed by atoms with Gasteiger partial charge in [0.25, 0.3) is 0 Å². The quantitative estimate of drug-likeness (QED) is 0.675. The molecule has 1 N–H and O–H groups in total. The van der Waals surface area contributed by atoms with Crippen LogP contribution in [0.5, 0.6) is 0 Å². The maximum atomic E-state index is 5.43. The molecule has 0 aromatic carbocycles. The Hall–Kier alpha value is -0.340. The highest BCUT2D eigenvalue weighted by Crippen LogP contribution is 2.17. The van der Waals surface area contributed by atoms with Crippen molar-refractivity contribution in [2.24, 2.45) is 5.92 Å². The van der Waals surface area contributed by atoms with Gasteiger partial charge in [0.05, 0.1) is 6.61 Å². The van der Waals surface area contributed by atoms with Crippen LogP contribution in [0, 0.1) is 5.92 Å². The van der Waals surface area contributed by atoms with E-state index in [1.165, 1.54) is 18.4 Å². The molecule has 2 nitrogen and oxygen atoms in total. The number of likely N-dealkylation sites (N-methyl/N-ethyl adjacent to an activating group) is 1. The minimum atomic E-state index is 0.488. The van der Waals surface area contributed by atoms with Gasteiger partial charge in [0, 0.05) is 18.6 Å². The molecule has 0 bridgehead atoms. The molecule has 2 unspecified atom stereocenters. The van der Waals surface area contributed by atoms with E-state index in [1.54, 1.807) is 0 Å². The van der Waals surface area contributed by atoms with Crippen LogP contribution in [0.25, 0.3) is 0 Å². The van der Waals surface area contributed by atoms with Gasteiger partial charge in [-0.05, 0) is 33.7 Å². The van der Waals surface area contributed by atoms with Gasteiger partial charge in [0.1, 0.15) is 0 Å². The van der Waals surface area contributed by atoms with Crippen LogP contribution in [-0.2, 0) is 4.74 Å². The molecule has 0 amide bonds. The van der Waals surface area contributed by atoms with E-state index < -0.39 is 0 Å². The van der Waals surface area contributed by atoms with Gasteiger partial charge in [-0.3, -0.25) is 0 Å². The highest BCUT2D eigenvalue weighted by molar-refractivity contribution is 5.08. The average Bonchev–Trinajstić information content (AvgIpc) is 2.18. The van der Waals surface area contributed by atoms with Crippen LogP contribution in [-0.4, -0.2) is 26.3 Å². The van der Waals surface area contributed by atoms with Gasteiger partial charge in [-0.1, -0.05) is 11.6 Å². The van der Waals surface area contributed by atoms with Crippen molar-refractivity contribution in [3.8, 4) is 0 Å². The van der Waals surface area contributed by atoms with Crippen molar-refractivity contribution in [1.29, 1.82) is 0 Å². The van der Waals surface area contributed by atoms with E-state index in [4.69, 9.17) is 4.74 Å². The Morgan fingerprint density at radius 3 is 2.92 bits per heavy atom. The molecule has 0 aliphatic carbocycles. The molecule has 1 fully saturated rings. The lowest BCUT2D eigenvalue weighted by Crippen LogP contribution is -2.24. The molecule has 1 aliphatic heterocycles. The summed E-state index contributed by atoms with van der Waals surface area (Å²) in [5.74, 6) is 0.643. The number of hydrogen-bond donors (Lipinski definition) is 1. The lowest BCUT2D eigenvalue weighted by Gasteiger charge is -2.21. The first-order chi connectivity index (χ1) is 6.24. The van der Waals surface area contributed by atoms with Gasteiger partial charge >= 0.3 is 0 Å². The lowest BCUT2D eigenvalue weighted by atomic mass is 9.97. The summed E-state index contributed by atoms with van der Waals surface area (Å²) < 4.78 is 5.43. The Kier molecular flexibility index (Phi) is 4.46. The molecule has 1 heterocycles. The van der Waals surface area contributed by atoms with Crippen molar-refractivity contribution in [2.45, 2.75) is 32.7 Å². The summed E-state index contributed by atoms with van der Waals surface area (Å²) in [5.41, 5.74) is 1.43. The van der Waals surface area contributed by atoms with Crippen LogP contribution < -0.4 is 5.32 Å². The second-order valence-corrected chi connectivity index (χ2v) is 3.90. The molecule has 0 spiro atoms. The van der Waals surface area contributed by atoms with E-state index in [9.17, 15) is 0 Å². The number of rotatable bonds is 3. The zero-order valence-electron chi connectivity index (χ0n) is 8.97. The monoisotopic (exact) mass is 183 g/mol. The first-order valence-electron chi connectivity index (χ1n) is 5.17. The van der Waals surface area contributed by atoms with Crippen molar-refractivity contribution >= 4 is 0 Å². The Morgan fingerprint density at radius 1 is 1.62 bits per heavy atom. The summed E-state index contributed by atoms with van der Waals surface area (Å²) in [4.78, 5) is 0. The Balaban J connectivity index is 2.42. The zero-order chi connectivity index (χ0) is 9.68. The standard InChI is InChI=1S/C11H21NO/c1-9(10(2)12-3)7-11-5-4-6-13-8-11/h7,10-12H,4-6,8H2,1-3H3. The van der Waals surface area contributed by atoms with Crippen LogP contribution in [0.4, 0.5) is 0 Å². The molecule has 0 aromatic heterocycles. The van der Waals surface area contributed by atoms with Crippen LogP contribution in [0.1, 0.15) is 26.7 Å². The average molecular weight is 183 g/mol. The van der Waals surface area contributed by atoms with Gasteiger partial charge in [0.15, 0.2) is 0 Å². The Labute approximate surface area is 81.4 Å². The predicted molar refractivity (Wildman–Crippen MR) is 55.8 cm³/mol. The molecule has 1 saturated heterocycles. The third-order valence-corrected chi connectivity index (χ3v) is 2.81. The maximum absolute atomic E-state index is 5.43. The highest BCUT2D eigenvalue weighted by Gasteiger charge is 2.12. The number of hydrogen-bond acceptors (Lipinski definition) is 2. The predicted octanol–water partition coefficient (Wildman–Crippen LogP) is 1.97. The summed E-state index contributed by atoms with van der Waals surface area (Å²) in [6, 6.07) is 0.488. The number of nitrogens with one attached hydrogen (secondary N) is 1. The molecule has 0 aromatic rings. The first-order valence-corrected chi connectivity index (χ1v) is 5.17. The fourth-order valence-corrected chi connectivity index (χ4v) is 1.64.